The Bertz CT molecular complexity index is 1520. The van der Waals surface area contributed by atoms with Gasteiger partial charge >= 0.3 is 0 Å². The number of rotatable bonds is 5. The molecule has 37 heavy (non-hydrogen) atoms. The van der Waals surface area contributed by atoms with E-state index >= 15 is 8.78 Å². The zero-order valence-electron chi connectivity index (χ0n) is 21.4. The third-order valence-electron chi connectivity index (χ3n) is 7.37. The number of allylic oxidation sites excluding steroid dienone is 2. The average Bonchev–Trinajstić information content (AvgIpc) is 3.64. The van der Waals surface area contributed by atoms with Gasteiger partial charge in [0.05, 0.1) is 23.7 Å². The minimum atomic E-state index is -0.515. The van der Waals surface area contributed by atoms with Gasteiger partial charge in [-0.15, -0.1) is 11.3 Å². The summed E-state index contributed by atoms with van der Waals surface area (Å²) >= 11 is 1.00. The van der Waals surface area contributed by atoms with E-state index < -0.39 is 11.6 Å². The third-order valence-corrected chi connectivity index (χ3v) is 8.40. The fourth-order valence-corrected chi connectivity index (χ4v) is 6.25. The molecule has 192 valence electrons. The van der Waals surface area contributed by atoms with Crippen LogP contribution in [0.3, 0.4) is 0 Å². The molecule has 2 aromatic heterocycles. The minimum absolute atomic E-state index is 0.154. The number of thiophene rings is 1. The first-order chi connectivity index (χ1) is 17.8. The van der Waals surface area contributed by atoms with Crippen LogP contribution in [0.4, 0.5) is 19.7 Å². The minimum Gasteiger partial charge on any atom is -0.389 e. The summed E-state index contributed by atoms with van der Waals surface area (Å²) in [5.41, 5.74) is 9.97. The predicted molar refractivity (Wildman–Crippen MR) is 144 cm³/mol. The van der Waals surface area contributed by atoms with E-state index in [4.69, 9.17) is 15.5 Å². The number of anilines is 2. The van der Waals surface area contributed by atoms with Gasteiger partial charge in [-0.1, -0.05) is 25.5 Å². The lowest BCUT2D eigenvalue weighted by atomic mass is 9.85. The normalized spacial score (nSPS) is 18.4. The SMILES string of the molecule is C/C=C(/F)c1sc(N)c(C#N)c1/C(=C(\C)CC)c1c2c(c3cnc(N4CCC(C)C4)nc3c1F)COC2. The maximum Gasteiger partial charge on any atom is 0.225 e. The van der Waals surface area contributed by atoms with Gasteiger partial charge in [0.1, 0.15) is 22.4 Å². The molecule has 4 heterocycles. The molecule has 0 saturated carbocycles. The number of nitrogen functional groups attached to an aromatic ring is 1. The quantitative estimate of drug-likeness (QED) is 0.401. The van der Waals surface area contributed by atoms with Crippen molar-refractivity contribution >= 4 is 44.6 Å². The van der Waals surface area contributed by atoms with Gasteiger partial charge < -0.3 is 15.4 Å². The Morgan fingerprint density at radius 1 is 1.35 bits per heavy atom. The molecule has 6 nitrogen and oxygen atoms in total. The van der Waals surface area contributed by atoms with Crippen LogP contribution in [0.25, 0.3) is 22.3 Å². The van der Waals surface area contributed by atoms with Gasteiger partial charge in [-0.25, -0.2) is 18.7 Å². The number of benzene rings is 1. The van der Waals surface area contributed by atoms with Gasteiger partial charge in [-0.2, -0.15) is 5.26 Å². The topological polar surface area (TPSA) is 88.1 Å². The fraction of sp³-hybridized carbons (Fsp3) is 0.393. The van der Waals surface area contributed by atoms with E-state index in [1.54, 1.807) is 13.1 Å². The van der Waals surface area contributed by atoms with Crippen molar-refractivity contribution in [3.63, 3.8) is 0 Å². The highest BCUT2D eigenvalue weighted by Crippen LogP contribution is 2.47. The summed E-state index contributed by atoms with van der Waals surface area (Å²) < 4.78 is 37.7. The molecule has 3 aromatic rings. The van der Waals surface area contributed by atoms with Gasteiger partial charge in [0.25, 0.3) is 0 Å². The van der Waals surface area contributed by atoms with Crippen LogP contribution in [-0.4, -0.2) is 23.1 Å². The van der Waals surface area contributed by atoms with Crippen molar-refractivity contribution in [3.8, 4) is 6.07 Å². The zero-order chi connectivity index (χ0) is 26.4. The molecule has 0 radical (unpaired) electrons. The lowest BCUT2D eigenvalue weighted by Crippen LogP contribution is -2.21. The standard InChI is InChI=1S/C28H29F2N5OS/c1-5-15(4)21(23-16(9-31)27(32)37-26(23)20(29)6-2)22-19-13-36-12-18(19)17-10-33-28(34-25(17)24(22)30)35-8-7-14(3)11-35/h6,10,14H,5,7-8,11-13,32H2,1-4H3/b20-6+,21-15+. The molecule has 0 aliphatic carbocycles. The van der Waals surface area contributed by atoms with Crippen molar-refractivity contribution in [2.75, 3.05) is 23.7 Å². The number of ether oxygens (including phenoxy) is 1. The Hall–Kier alpha value is -3.35. The van der Waals surface area contributed by atoms with Crippen LogP contribution in [0.15, 0.2) is 17.8 Å². The Balaban J connectivity index is 1.85. The summed E-state index contributed by atoms with van der Waals surface area (Å²) in [6.45, 7) is 9.73. The molecule has 1 atom stereocenters. The first-order valence-electron chi connectivity index (χ1n) is 12.5. The fourth-order valence-electron chi connectivity index (χ4n) is 5.26. The number of fused-ring (bicyclic) bond motifs is 3. The van der Waals surface area contributed by atoms with E-state index in [0.29, 0.717) is 52.5 Å². The zero-order valence-corrected chi connectivity index (χ0v) is 22.2. The summed E-state index contributed by atoms with van der Waals surface area (Å²) in [7, 11) is 0. The number of halogens is 2. The summed E-state index contributed by atoms with van der Waals surface area (Å²) in [6.07, 6.45) is 4.62. The van der Waals surface area contributed by atoms with Gasteiger partial charge in [0.15, 0.2) is 5.82 Å². The molecule has 0 spiro atoms. The summed E-state index contributed by atoms with van der Waals surface area (Å²) in [5, 5.41) is 10.8. The summed E-state index contributed by atoms with van der Waals surface area (Å²) in [5.74, 6) is -0.00499. The van der Waals surface area contributed by atoms with E-state index in [1.807, 2.05) is 13.8 Å². The second-order valence-electron chi connectivity index (χ2n) is 9.71. The molecule has 1 unspecified atom stereocenters. The second-order valence-corrected chi connectivity index (χ2v) is 10.8. The van der Waals surface area contributed by atoms with Crippen LogP contribution in [0, 0.1) is 23.1 Å². The molecular weight excluding hydrogens is 492 g/mol. The first kappa shape index (κ1) is 25.3. The van der Waals surface area contributed by atoms with Crippen molar-refractivity contribution in [1.82, 2.24) is 9.97 Å². The Morgan fingerprint density at radius 3 is 2.76 bits per heavy atom. The highest BCUT2D eigenvalue weighted by molar-refractivity contribution is 7.17. The van der Waals surface area contributed by atoms with Gasteiger partial charge in [0.2, 0.25) is 5.95 Å². The monoisotopic (exact) mass is 521 g/mol. The molecule has 2 aliphatic rings. The Labute approximate surface area is 219 Å². The molecule has 9 heteroatoms. The van der Waals surface area contributed by atoms with Crippen LogP contribution < -0.4 is 10.6 Å². The van der Waals surface area contributed by atoms with Crippen LogP contribution in [0.2, 0.25) is 0 Å². The summed E-state index contributed by atoms with van der Waals surface area (Å²) in [4.78, 5) is 11.6. The number of aromatic nitrogens is 2. The van der Waals surface area contributed by atoms with Crippen molar-refractivity contribution in [2.24, 2.45) is 5.92 Å². The molecule has 0 amide bonds. The van der Waals surface area contributed by atoms with Crippen molar-refractivity contribution in [1.29, 1.82) is 5.26 Å². The first-order valence-corrected chi connectivity index (χ1v) is 13.3. The number of nitrogens with two attached hydrogens (primary N) is 1. The highest BCUT2D eigenvalue weighted by atomic mass is 32.1. The smallest absolute Gasteiger partial charge is 0.225 e. The third kappa shape index (κ3) is 4.09. The molecule has 1 saturated heterocycles. The molecule has 0 bridgehead atoms. The van der Waals surface area contributed by atoms with Crippen molar-refractivity contribution < 1.29 is 13.5 Å². The van der Waals surface area contributed by atoms with Crippen LogP contribution >= 0.6 is 11.3 Å². The van der Waals surface area contributed by atoms with E-state index in [-0.39, 0.29) is 27.6 Å². The molecule has 1 aromatic carbocycles. The Kier molecular flexibility index (Phi) is 6.73. The van der Waals surface area contributed by atoms with E-state index in [1.165, 1.54) is 6.08 Å². The van der Waals surface area contributed by atoms with E-state index in [2.05, 4.69) is 22.9 Å². The number of hydrogen-bond acceptors (Lipinski definition) is 7. The molecular formula is C28H29F2N5OS. The van der Waals surface area contributed by atoms with Gasteiger partial charge in [-0.3, -0.25) is 0 Å². The van der Waals surface area contributed by atoms with Crippen LogP contribution in [0.5, 0.6) is 0 Å². The van der Waals surface area contributed by atoms with Gasteiger partial charge in [0, 0.05) is 35.8 Å². The van der Waals surface area contributed by atoms with Crippen LogP contribution in [-0.2, 0) is 18.0 Å². The van der Waals surface area contributed by atoms with E-state index in [9.17, 15) is 5.26 Å². The Morgan fingerprint density at radius 2 is 2.11 bits per heavy atom. The summed E-state index contributed by atoms with van der Waals surface area (Å²) in [6, 6.07) is 2.14. The molecule has 2 aliphatic heterocycles. The largest absolute Gasteiger partial charge is 0.389 e. The molecule has 1 fully saturated rings. The van der Waals surface area contributed by atoms with Gasteiger partial charge in [-0.05, 0) is 49.3 Å². The lowest BCUT2D eigenvalue weighted by molar-refractivity contribution is 0.134. The molecule has 2 N–H and O–H groups in total. The number of nitrogens with zero attached hydrogens (tertiary/aromatic N) is 4. The van der Waals surface area contributed by atoms with Crippen LogP contribution in [0.1, 0.15) is 73.2 Å². The van der Waals surface area contributed by atoms with E-state index in [0.717, 1.165) is 42.0 Å². The lowest BCUT2D eigenvalue weighted by Gasteiger charge is -2.20. The highest BCUT2D eigenvalue weighted by Gasteiger charge is 2.33. The number of nitriles is 1. The predicted octanol–water partition coefficient (Wildman–Crippen LogP) is 6.72. The number of hydrogen-bond donors (Lipinski definition) is 1. The maximum atomic E-state index is 16.7. The van der Waals surface area contributed by atoms with Crippen molar-refractivity contribution in [2.45, 2.75) is 53.8 Å². The molecule has 5 rings (SSSR count). The second kappa shape index (κ2) is 9.84. The van der Waals surface area contributed by atoms with Crippen molar-refractivity contribution in [3.05, 3.63) is 56.4 Å². The average molecular weight is 522 g/mol. The maximum absolute atomic E-state index is 16.7.